The molecule has 0 aromatic carbocycles. The lowest BCUT2D eigenvalue weighted by molar-refractivity contribution is 0.952. The summed E-state index contributed by atoms with van der Waals surface area (Å²) in [6, 6.07) is 0. The van der Waals surface area contributed by atoms with Crippen LogP contribution in [0, 0.1) is 10.5 Å². The third-order valence-corrected chi connectivity index (χ3v) is 3.22. The molecule has 1 fully saturated rings. The summed E-state index contributed by atoms with van der Waals surface area (Å²) in [6.07, 6.45) is 2.67. The molecule has 1 heterocycles. The van der Waals surface area contributed by atoms with Crippen molar-refractivity contribution in [1.29, 1.82) is 0 Å². The lowest BCUT2D eigenvalue weighted by Gasteiger charge is -1.88. The first-order valence-electron chi connectivity index (χ1n) is 3.49. The Morgan fingerprint density at radius 1 is 1.60 bits per heavy atom. The maximum Gasteiger partial charge on any atom is 0.0789 e. The van der Waals surface area contributed by atoms with Gasteiger partial charge < -0.3 is 0 Å². The van der Waals surface area contributed by atoms with Crippen molar-refractivity contribution in [3.05, 3.63) is 15.0 Å². The Labute approximate surface area is 73.5 Å². The topological polar surface area (TPSA) is 28.7 Å². The van der Waals surface area contributed by atoms with Crippen LogP contribution in [0.5, 0.6) is 0 Å². The molecule has 0 amide bonds. The number of aromatic amines is 1. The van der Waals surface area contributed by atoms with Crippen LogP contribution in [0.4, 0.5) is 0 Å². The first-order valence-corrected chi connectivity index (χ1v) is 4.57. The summed E-state index contributed by atoms with van der Waals surface area (Å²) < 4.78 is 1.33. The Hall–Kier alpha value is -0.0600. The van der Waals surface area contributed by atoms with Crippen molar-refractivity contribution in [3.63, 3.8) is 0 Å². The molecule has 1 aromatic rings. The van der Waals surface area contributed by atoms with E-state index in [0.29, 0.717) is 0 Å². The molecule has 0 atom stereocenters. The fourth-order valence-corrected chi connectivity index (χ4v) is 1.74. The van der Waals surface area contributed by atoms with Crippen molar-refractivity contribution < 1.29 is 0 Å². The highest BCUT2D eigenvalue weighted by atomic mass is 127. The number of nitrogens with zero attached hydrogens (tertiary/aromatic N) is 1. The first kappa shape index (κ1) is 6.64. The molecule has 1 saturated carbocycles. The number of halogens is 1. The summed E-state index contributed by atoms with van der Waals surface area (Å²) in [4.78, 5) is 0. The van der Waals surface area contributed by atoms with E-state index in [9.17, 15) is 0 Å². The largest absolute Gasteiger partial charge is 0.281 e. The lowest BCUT2D eigenvalue weighted by Crippen LogP contribution is -1.81. The van der Waals surface area contributed by atoms with Gasteiger partial charge in [0.1, 0.15) is 0 Å². The summed E-state index contributed by atoms with van der Waals surface area (Å²) in [6.45, 7) is 2.07. The summed E-state index contributed by atoms with van der Waals surface area (Å²) >= 11 is 2.36. The molecule has 54 valence electrons. The third-order valence-electron chi connectivity index (χ3n) is 1.86. The number of nitrogens with one attached hydrogen (secondary N) is 1. The van der Waals surface area contributed by atoms with E-state index >= 15 is 0 Å². The highest BCUT2D eigenvalue weighted by Crippen LogP contribution is 2.41. The van der Waals surface area contributed by atoms with Gasteiger partial charge in [0.25, 0.3) is 0 Å². The zero-order chi connectivity index (χ0) is 7.14. The second-order valence-electron chi connectivity index (χ2n) is 2.82. The molecule has 0 radical (unpaired) electrons. The van der Waals surface area contributed by atoms with Crippen LogP contribution >= 0.6 is 22.6 Å². The minimum Gasteiger partial charge on any atom is -0.281 e. The number of rotatable bonds is 1. The van der Waals surface area contributed by atoms with Crippen molar-refractivity contribution in [2.75, 3.05) is 0 Å². The number of aromatic nitrogens is 2. The SMILES string of the molecule is Cc1[nH]nc(C2CC2)c1I. The van der Waals surface area contributed by atoms with Crippen LogP contribution in [0.25, 0.3) is 0 Å². The molecule has 3 heteroatoms. The van der Waals surface area contributed by atoms with Gasteiger partial charge in [0.15, 0.2) is 0 Å². The summed E-state index contributed by atoms with van der Waals surface area (Å²) in [7, 11) is 0. The van der Waals surface area contributed by atoms with Crippen molar-refractivity contribution in [1.82, 2.24) is 10.2 Å². The van der Waals surface area contributed by atoms with E-state index in [0.717, 1.165) is 5.92 Å². The molecule has 2 nitrogen and oxygen atoms in total. The number of aryl methyl sites for hydroxylation is 1. The van der Waals surface area contributed by atoms with Crippen LogP contribution in [0.1, 0.15) is 30.1 Å². The predicted octanol–water partition coefficient (Wildman–Crippen LogP) is 2.20. The Kier molecular flexibility index (Phi) is 1.47. The molecule has 0 aliphatic heterocycles. The number of hydrogen-bond donors (Lipinski definition) is 1. The van der Waals surface area contributed by atoms with E-state index in [1.165, 1.54) is 27.8 Å². The zero-order valence-corrected chi connectivity index (χ0v) is 7.97. The van der Waals surface area contributed by atoms with Crippen LogP contribution in [-0.4, -0.2) is 10.2 Å². The second kappa shape index (κ2) is 2.22. The van der Waals surface area contributed by atoms with E-state index in [1.54, 1.807) is 0 Å². The van der Waals surface area contributed by atoms with Crippen LogP contribution < -0.4 is 0 Å². The van der Waals surface area contributed by atoms with Crippen LogP contribution in [0.3, 0.4) is 0 Å². The van der Waals surface area contributed by atoms with Crippen LogP contribution in [0.15, 0.2) is 0 Å². The maximum absolute atomic E-state index is 4.24. The quantitative estimate of drug-likeness (QED) is 0.758. The van der Waals surface area contributed by atoms with Crippen LogP contribution in [-0.2, 0) is 0 Å². The maximum atomic E-state index is 4.24. The standard InChI is InChI=1S/C7H9IN2/c1-4-6(8)7(10-9-4)5-2-3-5/h5H,2-3H2,1H3,(H,9,10). The van der Waals surface area contributed by atoms with E-state index in [1.807, 2.05) is 0 Å². The van der Waals surface area contributed by atoms with E-state index in [-0.39, 0.29) is 0 Å². The number of H-pyrrole nitrogens is 1. The van der Waals surface area contributed by atoms with Crippen molar-refractivity contribution in [2.45, 2.75) is 25.7 Å². The van der Waals surface area contributed by atoms with Crippen molar-refractivity contribution >= 4 is 22.6 Å². The second-order valence-corrected chi connectivity index (χ2v) is 3.90. The summed E-state index contributed by atoms with van der Waals surface area (Å²) in [5.41, 5.74) is 2.50. The zero-order valence-electron chi connectivity index (χ0n) is 5.82. The van der Waals surface area contributed by atoms with Gasteiger partial charge >= 0.3 is 0 Å². The Morgan fingerprint density at radius 2 is 2.30 bits per heavy atom. The fourth-order valence-electron chi connectivity index (χ4n) is 1.06. The van der Waals surface area contributed by atoms with E-state index in [4.69, 9.17) is 0 Å². The molecule has 1 aliphatic rings. The van der Waals surface area contributed by atoms with Gasteiger partial charge in [-0.15, -0.1) is 0 Å². The molecule has 0 bridgehead atoms. The third kappa shape index (κ3) is 0.962. The molecule has 1 aliphatic carbocycles. The molecule has 1 aromatic heterocycles. The Morgan fingerprint density at radius 3 is 2.70 bits per heavy atom. The van der Waals surface area contributed by atoms with Gasteiger partial charge in [0.05, 0.1) is 9.26 Å². The molecule has 0 saturated heterocycles. The van der Waals surface area contributed by atoms with Crippen molar-refractivity contribution in [2.24, 2.45) is 0 Å². The fraction of sp³-hybridized carbons (Fsp3) is 0.571. The number of hydrogen-bond acceptors (Lipinski definition) is 1. The van der Waals surface area contributed by atoms with Gasteiger partial charge in [0.2, 0.25) is 0 Å². The molecule has 2 rings (SSSR count). The van der Waals surface area contributed by atoms with Crippen LogP contribution in [0.2, 0.25) is 0 Å². The minimum absolute atomic E-state index is 0.775. The smallest absolute Gasteiger partial charge is 0.0789 e. The average Bonchev–Trinajstić information content (AvgIpc) is 2.67. The highest BCUT2D eigenvalue weighted by molar-refractivity contribution is 14.1. The van der Waals surface area contributed by atoms with Gasteiger partial charge in [-0.3, -0.25) is 5.10 Å². The minimum atomic E-state index is 0.775. The molecule has 10 heavy (non-hydrogen) atoms. The molecule has 0 spiro atoms. The van der Waals surface area contributed by atoms with Gasteiger partial charge in [-0.1, -0.05) is 0 Å². The van der Waals surface area contributed by atoms with Gasteiger partial charge in [-0.05, 0) is 42.4 Å². The van der Waals surface area contributed by atoms with Gasteiger partial charge in [-0.25, -0.2) is 0 Å². The Balaban J connectivity index is 2.40. The van der Waals surface area contributed by atoms with Gasteiger partial charge in [0, 0.05) is 11.6 Å². The molecular weight excluding hydrogens is 239 g/mol. The highest BCUT2D eigenvalue weighted by Gasteiger charge is 2.28. The Bertz CT molecular complexity index is 250. The molecular formula is C7H9IN2. The summed E-state index contributed by atoms with van der Waals surface area (Å²) in [5, 5.41) is 7.25. The van der Waals surface area contributed by atoms with E-state index < -0.39 is 0 Å². The first-order chi connectivity index (χ1) is 4.79. The van der Waals surface area contributed by atoms with Gasteiger partial charge in [-0.2, -0.15) is 5.10 Å². The summed E-state index contributed by atoms with van der Waals surface area (Å²) in [5.74, 6) is 0.775. The molecule has 1 N–H and O–H groups in total. The average molecular weight is 248 g/mol. The predicted molar refractivity (Wildman–Crippen MR) is 48.0 cm³/mol. The normalized spacial score (nSPS) is 17.8. The van der Waals surface area contributed by atoms with Crippen molar-refractivity contribution in [3.8, 4) is 0 Å². The lowest BCUT2D eigenvalue weighted by atomic mass is 10.3. The molecule has 0 unspecified atom stereocenters. The monoisotopic (exact) mass is 248 g/mol. The van der Waals surface area contributed by atoms with E-state index in [2.05, 4.69) is 39.7 Å².